The number of likely N-dealkylation sites (tertiary alicyclic amines) is 1. The molecule has 0 aliphatic carbocycles. The van der Waals surface area contributed by atoms with Gasteiger partial charge in [0, 0.05) is 12.0 Å². The molecule has 1 saturated heterocycles. The summed E-state index contributed by atoms with van der Waals surface area (Å²) in [5, 5.41) is 0. The van der Waals surface area contributed by atoms with Crippen molar-refractivity contribution in [2.75, 3.05) is 13.2 Å². The summed E-state index contributed by atoms with van der Waals surface area (Å²) in [7, 11) is 0. The highest BCUT2D eigenvalue weighted by atomic mass is 16.5. The number of carbonyl (C=O) groups is 3. The van der Waals surface area contributed by atoms with Gasteiger partial charge >= 0.3 is 5.97 Å². The van der Waals surface area contributed by atoms with Crippen LogP contribution in [0.5, 0.6) is 0 Å². The SMILES string of the molecule is CCCOC(=O)[C@@H]1CCCN1C(=O)C(=O)C(C)(C)C. The lowest BCUT2D eigenvalue weighted by Gasteiger charge is -2.25. The Balaban J connectivity index is 2.74. The van der Waals surface area contributed by atoms with Crippen LogP contribution in [0.2, 0.25) is 0 Å². The number of hydrogen-bond acceptors (Lipinski definition) is 4. The second-order valence-corrected chi connectivity index (χ2v) is 5.90. The molecule has 1 fully saturated rings. The fraction of sp³-hybridized carbons (Fsp3) is 0.786. The predicted octanol–water partition coefficient (Wildman–Crippen LogP) is 1.55. The van der Waals surface area contributed by atoms with Crippen molar-refractivity contribution < 1.29 is 19.1 Å². The molecule has 5 nitrogen and oxygen atoms in total. The van der Waals surface area contributed by atoms with Gasteiger partial charge in [0.15, 0.2) is 0 Å². The Morgan fingerprint density at radius 1 is 1.26 bits per heavy atom. The number of rotatable bonds is 4. The number of esters is 1. The number of hydrogen-bond donors (Lipinski definition) is 0. The van der Waals surface area contributed by atoms with Gasteiger partial charge in [0.05, 0.1) is 6.61 Å². The predicted molar refractivity (Wildman–Crippen MR) is 70.4 cm³/mol. The Bertz CT molecular complexity index is 370. The van der Waals surface area contributed by atoms with Crippen LogP contribution in [-0.2, 0) is 19.1 Å². The van der Waals surface area contributed by atoms with E-state index < -0.39 is 29.1 Å². The molecule has 1 heterocycles. The zero-order valence-electron chi connectivity index (χ0n) is 12.2. The summed E-state index contributed by atoms with van der Waals surface area (Å²) >= 11 is 0. The molecule has 0 aromatic rings. The lowest BCUT2D eigenvalue weighted by Crippen LogP contribution is -2.47. The van der Waals surface area contributed by atoms with Crippen molar-refractivity contribution in [3.8, 4) is 0 Å². The molecule has 108 valence electrons. The normalized spacial score (nSPS) is 19.4. The summed E-state index contributed by atoms with van der Waals surface area (Å²) in [6.45, 7) is 7.82. The first-order chi connectivity index (χ1) is 8.79. The zero-order valence-corrected chi connectivity index (χ0v) is 12.2. The number of nitrogens with zero attached hydrogens (tertiary/aromatic N) is 1. The van der Waals surface area contributed by atoms with Crippen LogP contribution in [0.1, 0.15) is 47.0 Å². The van der Waals surface area contributed by atoms with Gasteiger partial charge in [-0.3, -0.25) is 9.59 Å². The lowest BCUT2D eigenvalue weighted by molar-refractivity contribution is -0.157. The summed E-state index contributed by atoms with van der Waals surface area (Å²) in [5.41, 5.74) is -0.725. The summed E-state index contributed by atoms with van der Waals surface area (Å²) in [6, 6.07) is -0.592. The highest BCUT2D eigenvalue weighted by Crippen LogP contribution is 2.23. The molecular formula is C14H23NO4. The third kappa shape index (κ3) is 3.78. The fourth-order valence-electron chi connectivity index (χ4n) is 2.00. The lowest BCUT2D eigenvalue weighted by atomic mass is 9.90. The average molecular weight is 269 g/mol. The van der Waals surface area contributed by atoms with E-state index >= 15 is 0 Å². The van der Waals surface area contributed by atoms with Crippen molar-refractivity contribution in [3.05, 3.63) is 0 Å². The van der Waals surface area contributed by atoms with Crippen LogP contribution in [0, 0.1) is 5.41 Å². The summed E-state index contributed by atoms with van der Waals surface area (Å²) in [6.07, 6.45) is 2.05. The van der Waals surface area contributed by atoms with Gasteiger partial charge in [0.25, 0.3) is 5.91 Å². The fourth-order valence-corrected chi connectivity index (χ4v) is 2.00. The molecular weight excluding hydrogens is 246 g/mol. The van der Waals surface area contributed by atoms with E-state index in [9.17, 15) is 14.4 Å². The molecule has 0 N–H and O–H groups in total. The second-order valence-electron chi connectivity index (χ2n) is 5.90. The van der Waals surface area contributed by atoms with Crippen molar-refractivity contribution in [2.45, 2.75) is 53.0 Å². The maximum absolute atomic E-state index is 12.1. The molecule has 0 unspecified atom stereocenters. The number of ether oxygens (including phenoxy) is 1. The van der Waals surface area contributed by atoms with Crippen molar-refractivity contribution in [1.29, 1.82) is 0 Å². The molecule has 0 bridgehead atoms. The van der Waals surface area contributed by atoms with Crippen molar-refractivity contribution in [2.24, 2.45) is 5.41 Å². The Hall–Kier alpha value is -1.39. The molecule has 1 rings (SSSR count). The Morgan fingerprint density at radius 2 is 1.89 bits per heavy atom. The zero-order chi connectivity index (χ0) is 14.6. The number of ketones is 1. The highest BCUT2D eigenvalue weighted by molar-refractivity contribution is 6.38. The van der Waals surface area contributed by atoms with Gasteiger partial charge < -0.3 is 9.64 Å². The number of carbonyl (C=O) groups excluding carboxylic acids is 3. The van der Waals surface area contributed by atoms with E-state index in [4.69, 9.17) is 4.74 Å². The van der Waals surface area contributed by atoms with Crippen LogP contribution in [0.15, 0.2) is 0 Å². The molecule has 1 amide bonds. The molecule has 0 aromatic heterocycles. The minimum atomic E-state index is -0.725. The molecule has 1 atom stereocenters. The molecule has 1 aliphatic heterocycles. The molecule has 0 saturated carbocycles. The van der Waals surface area contributed by atoms with Gasteiger partial charge in [0.1, 0.15) is 6.04 Å². The summed E-state index contributed by atoms with van der Waals surface area (Å²) in [4.78, 5) is 37.4. The Kier molecular flexibility index (Phi) is 5.09. The first-order valence-corrected chi connectivity index (χ1v) is 6.81. The van der Waals surface area contributed by atoms with E-state index in [2.05, 4.69) is 0 Å². The number of Topliss-reactive ketones (excluding diaryl/α,β-unsaturated/α-hetero) is 1. The molecule has 0 aromatic carbocycles. The molecule has 0 radical (unpaired) electrons. The minimum Gasteiger partial charge on any atom is -0.464 e. The first-order valence-electron chi connectivity index (χ1n) is 6.81. The highest BCUT2D eigenvalue weighted by Gasteiger charge is 2.40. The van der Waals surface area contributed by atoms with Crippen LogP contribution < -0.4 is 0 Å². The Labute approximate surface area is 114 Å². The summed E-state index contributed by atoms with van der Waals surface area (Å²) in [5.74, 6) is -1.42. The minimum absolute atomic E-state index is 0.352. The number of amides is 1. The van der Waals surface area contributed by atoms with Gasteiger partial charge in [-0.1, -0.05) is 27.7 Å². The van der Waals surface area contributed by atoms with Crippen LogP contribution >= 0.6 is 0 Å². The van der Waals surface area contributed by atoms with Crippen LogP contribution in [-0.4, -0.2) is 41.8 Å². The first kappa shape index (κ1) is 15.7. The van der Waals surface area contributed by atoms with Crippen molar-refractivity contribution in [1.82, 2.24) is 4.90 Å². The van der Waals surface area contributed by atoms with Crippen LogP contribution in [0.3, 0.4) is 0 Å². The quantitative estimate of drug-likeness (QED) is 0.573. The van der Waals surface area contributed by atoms with Gasteiger partial charge in [-0.2, -0.15) is 0 Å². The standard InChI is InChI=1S/C14H23NO4/c1-5-9-19-13(18)10-7-6-8-15(10)12(17)11(16)14(2,3)4/h10H,5-9H2,1-4H3/t10-/m0/s1. The van der Waals surface area contributed by atoms with Gasteiger partial charge in [-0.15, -0.1) is 0 Å². The Morgan fingerprint density at radius 3 is 2.42 bits per heavy atom. The third-order valence-corrected chi connectivity index (χ3v) is 3.11. The van der Waals surface area contributed by atoms with E-state index in [0.29, 0.717) is 19.6 Å². The molecule has 1 aliphatic rings. The monoisotopic (exact) mass is 269 g/mol. The van der Waals surface area contributed by atoms with Crippen molar-refractivity contribution in [3.63, 3.8) is 0 Å². The maximum atomic E-state index is 12.1. The van der Waals surface area contributed by atoms with Crippen molar-refractivity contribution >= 4 is 17.7 Å². The molecule has 19 heavy (non-hydrogen) atoms. The largest absolute Gasteiger partial charge is 0.464 e. The van der Waals surface area contributed by atoms with Gasteiger partial charge in [0.2, 0.25) is 5.78 Å². The van der Waals surface area contributed by atoms with Gasteiger partial charge in [-0.25, -0.2) is 4.79 Å². The smallest absolute Gasteiger partial charge is 0.328 e. The topological polar surface area (TPSA) is 63.7 Å². The van der Waals surface area contributed by atoms with E-state index in [1.54, 1.807) is 20.8 Å². The third-order valence-electron chi connectivity index (χ3n) is 3.11. The summed E-state index contributed by atoms with van der Waals surface area (Å²) < 4.78 is 5.08. The van der Waals surface area contributed by atoms with E-state index in [0.717, 1.165) is 12.8 Å². The van der Waals surface area contributed by atoms with Crippen LogP contribution in [0.4, 0.5) is 0 Å². The van der Waals surface area contributed by atoms with E-state index in [-0.39, 0.29) is 0 Å². The van der Waals surface area contributed by atoms with Crippen LogP contribution in [0.25, 0.3) is 0 Å². The van der Waals surface area contributed by atoms with E-state index in [1.165, 1.54) is 4.90 Å². The van der Waals surface area contributed by atoms with Gasteiger partial charge in [-0.05, 0) is 19.3 Å². The molecule has 0 spiro atoms. The molecule has 5 heteroatoms. The average Bonchev–Trinajstić information content (AvgIpc) is 2.82. The maximum Gasteiger partial charge on any atom is 0.328 e. The second kappa shape index (κ2) is 6.17. The van der Waals surface area contributed by atoms with E-state index in [1.807, 2.05) is 6.92 Å².